The molecule has 3 aromatic rings. The van der Waals surface area contributed by atoms with E-state index in [9.17, 15) is 4.79 Å². The van der Waals surface area contributed by atoms with Crippen molar-refractivity contribution in [1.29, 1.82) is 0 Å². The van der Waals surface area contributed by atoms with Gasteiger partial charge in [0.05, 0.1) is 24.9 Å². The summed E-state index contributed by atoms with van der Waals surface area (Å²) in [6.45, 7) is 0.395. The van der Waals surface area contributed by atoms with E-state index in [1.54, 1.807) is 35.9 Å². The molecule has 0 aliphatic carbocycles. The average Bonchev–Trinajstić information content (AvgIpc) is 2.95. The number of nitrogens with one attached hydrogen (secondary N) is 1. The summed E-state index contributed by atoms with van der Waals surface area (Å²) in [5.74, 6) is 0.599. The van der Waals surface area contributed by atoms with Gasteiger partial charge in [-0.15, -0.1) is 0 Å². The number of amides is 1. The van der Waals surface area contributed by atoms with E-state index in [-0.39, 0.29) is 5.91 Å². The first-order chi connectivity index (χ1) is 10.3. The van der Waals surface area contributed by atoms with Gasteiger partial charge in [0.2, 0.25) is 0 Å². The lowest BCUT2D eigenvalue weighted by Gasteiger charge is -2.04. The van der Waals surface area contributed by atoms with Crippen LogP contribution in [0.3, 0.4) is 0 Å². The van der Waals surface area contributed by atoms with Crippen LogP contribution in [0.5, 0.6) is 5.75 Å². The van der Waals surface area contributed by atoms with Crippen LogP contribution in [0.4, 0.5) is 0 Å². The largest absolute Gasteiger partial charge is 0.497 e. The second-order valence-corrected chi connectivity index (χ2v) is 4.62. The Kier molecular flexibility index (Phi) is 3.55. The molecule has 1 amide bonds. The molecule has 21 heavy (non-hydrogen) atoms. The van der Waals surface area contributed by atoms with E-state index >= 15 is 0 Å². The molecule has 0 spiro atoms. The van der Waals surface area contributed by atoms with Crippen LogP contribution in [0.15, 0.2) is 54.7 Å². The Labute approximate surface area is 122 Å². The molecule has 5 nitrogen and oxygen atoms in total. The summed E-state index contributed by atoms with van der Waals surface area (Å²) < 4.78 is 6.85. The van der Waals surface area contributed by atoms with E-state index in [1.165, 1.54) is 0 Å². The lowest BCUT2D eigenvalue weighted by atomic mass is 10.2. The molecule has 0 unspecified atom stereocenters. The molecule has 106 valence electrons. The molecule has 0 saturated heterocycles. The number of ether oxygens (including phenoxy) is 1. The van der Waals surface area contributed by atoms with E-state index in [1.807, 2.05) is 30.5 Å². The molecule has 2 heterocycles. The van der Waals surface area contributed by atoms with Crippen LogP contribution in [0.25, 0.3) is 5.52 Å². The first kappa shape index (κ1) is 13.2. The number of hydrogen-bond donors (Lipinski definition) is 1. The maximum Gasteiger partial charge on any atom is 0.251 e. The van der Waals surface area contributed by atoms with Gasteiger partial charge in [0.25, 0.3) is 5.91 Å². The number of fused-ring (bicyclic) bond motifs is 1. The molecule has 0 aliphatic heterocycles. The highest BCUT2D eigenvalue weighted by Crippen LogP contribution is 2.11. The number of pyridine rings is 1. The fourth-order valence-electron chi connectivity index (χ4n) is 2.09. The highest BCUT2D eigenvalue weighted by Gasteiger charge is 2.07. The minimum atomic E-state index is -0.130. The third-order valence-electron chi connectivity index (χ3n) is 3.20. The Morgan fingerprint density at radius 3 is 2.76 bits per heavy atom. The van der Waals surface area contributed by atoms with Crippen molar-refractivity contribution < 1.29 is 9.53 Å². The van der Waals surface area contributed by atoms with Crippen LogP contribution in [-0.2, 0) is 6.54 Å². The number of rotatable bonds is 4. The molecule has 2 aromatic heterocycles. The van der Waals surface area contributed by atoms with Gasteiger partial charge in [0.1, 0.15) is 5.75 Å². The van der Waals surface area contributed by atoms with Crippen molar-refractivity contribution in [2.45, 2.75) is 6.54 Å². The number of benzene rings is 1. The summed E-state index contributed by atoms with van der Waals surface area (Å²) >= 11 is 0. The van der Waals surface area contributed by atoms with Crippen LogP contribution in [-0.4, -0.2) is 22.6 Å². The summed E-state index contributed by atoms with van der Waals surface area (Å²) in [4.78, 5) is 12.0. The van der Waals surface area contributed by atoms with Crippen molar-refractivity contribution in [2.24, 2.45) is 0 Å². The van der Waals surface area contributed by atoms with Crippen molar-refractivity contribution >= 4 is 11.4 Å². The molecule has 0 aliphatic rings. The van der Waals surface area contributed by atoms with Gasteiger partial charge in [0, 0.05) is 11.8 Å². The number of methoxy groups -OCH3 is 1. The average molecular weight is 281 g/mol. The summed E-state index contributed by atoms with van der Waals surface area (Å²) in [7, 11) is 1.60. The number of hydrogen-bond acceptors (Lipinski definition) is 3. The Morgan fingerprint density at radius 2 is 2.05 bits per heavy atom. The first-order valence-corrected chi connectivity index (χ1v) is 6.62. The minimum Gasteiger partial charge on any atom is -0.497 e. The lowest BCUT2D eigenvalue weighted by Crippen LogP contribution is -2.22. The smallest absolute Gasteiger partial charge is 0.251 e. The molecule has 0 fully saturated rings. The first-order valence-electron chi connectivity index (χ1n) is 6.62. The van der Waals surface area contributed by atoms with Crippen LogP contribution in [0.1, 0.15) is 16.1 Å². The van der Waals surface area contributed by atoms with Crippen LogP contribution < -0.4 is 10.1 Å². The molecule has 5 heteroatoms. The van der Waals surface area contributed by atoms with E-state index in [2.05, 4.69) is 10.4 Å². The lowest BCUT2D eigenvalue weighted by molar-refractivity contribution is 0.0950. The van der Waals surface area contributed by atoms with Gasteiger partial charge in [-0.05, 0) is 42.5 Å². The molecule has 3 rings (SSSR count). The zero-order valence-electron chi connectivity index (χ0n) is 11.6. The maximum absolute atomic E-state index is 12.0. The number of nitrogens with zero attached hydrogens (tertiary/aromatic N) is 2. The highest BCUT2D eigenvalue weighted by atomic mass is 16.5. The van der Waals surface area contributed by atoms with Gasteiger partial charge in [0.15, 0.2) is 0 Å². The van der Waals surface area contributed by atoms with Gasteiger partial charge in [-0.3, -0.25) is 4.79 Å². The van der Waals surface area contributed by atoms with Crippen LogP contribution in [0, 0.1) is 0 Å². The monoisotopic (exact) mass is 281 g/mol. The molecular formula is C16H15N3O2. The van der Waals surface area contributed by atoms with Crippen LogP contribution in [0.2, 0.25) is 0 Å². The summed E-state index contributed by atoms with van der Waals surface area (Å²) in [6.07, 6.45) is 1.88. The van der Waals surface area contributed by atoms with E-state index in [4.69, 9.17) is 4.74 Å². The van der Waals surface area contributed by atoms with Gasteiger partial charge in [-0.2, -0.15) is 5.10 Å². The van der Waals surface area contributed by atoms with Crippen molar-refractivity contribution in [3.05, 3.63) is 66.0 Å². The molecule has 1 aromatic carbocycles. The Morgan fingerprint density at radius 1 is 1.24 bits per heavy atom. The second-order valence-electron chi connectivity index (χ2n) is 4.62. The second kappa shape index (κ2) is 5.66. The molecule has 0 radical (unpaired) electrons. The quantitative estimate of drug-likeness (QED) is 0.798. The molecule has 0 bridgehead atoms. The number of aromatic nitrogens is 2. The molecule has 0 saturated carbocycles. The van der Waals surface area contributed by atoms with Crippen molar-refractivity contribution in [1.82, 2.24) is 14.9 Å². The van der Waals surface area contributed by atoms with Crippen molar-refractivity contribution in [3.8, 4) is 5.75 Å². The fraction of sp³-hybridized carbons (Fsp3) is 0.125. The maximum atomic E-state index is 12.0. The number of carbonyl (C=O) groups excluding carboxylic acids is 1. The Bertz CT molecular complexity index is 730. The molecule has 0 atom stereocenters. The molecular weight excluding hydrogens is 266 g/mol. The zero-order chi connectivity index (χ0) is 14.7. The van der Waals surface area contributed by atoms with Gasteiger partial charge in [-0.25, -0.2) is 4.52 Å². The van der Waals surface area contributed by atoms with Gasteiger partial charge >= 0.3 is 0 Å². The summed E-state index contributed by atoms with van der Waals surface area (Å²) in [5.41, 5.74) is 2.42. The standard InChI is InChI=1S/C16H15N3O2/c1-21-15-7-5-12(6-8-15)16(20)17-11-13-10-14-4-2-3-9-19(14)18-13/h2-10H,11H2,1H3,(H,17,20). The summed E-state index contributed by atoms with van der Waals surface area (Å²) in [5, 5.41) is 7.25. The normalized spacial score (nSPS) is 10.5. The topological polar surface area (TPSA) is 55.6 Å². The Balaban J connectivity index is 1.67. The SMILES string of the molecule is COc1ccc(C(=O)NCc2cc3ccccn3n2)cc1. The van der Waals surface area contributed by atoms with E-state index in [0.29, 0.717) is 12.1 Å². The third-order valence-corrected chi connectivity index (χ3v) is 3.20. The predicted molar refractivity (Wildman–Crippen MR) is 79.4 cm³/mol. The fourth-order valence-corrected chi connectivity index (χ4v) is 2.09. The highest BCUT2D eigenvalue weighted by molar-refractivity contribution is 5.94. The van der Waals surface area contributed by atoms with Gasteiger partial charge < -0.3 is 10.1 Å². The molecule has 1 N–H and O–H groups in total. The van der Waals surface area contributed by atoms with Crippen LogP contribution >= 0.6 is 0 Å². The van der Waals surface area contributed by atoms with Gasteiger partial charge in [-0.1, -0.05) is 6.07 Å². The van der Waals surface area contributed by atoms with Crippen molar-refractivity contribution in [2.75, 3.05) is 7.11 Å². The summed E-state index contributed by atoms with van der Waals surface area (Å²) in [6, 6.07) is 14.8. The zero-order valence-corrected chi connectivity index (χ0v) is 11.6. The van der Waals surface area contributed by atoms with E-state index in [0.717, 1.165) is 17.0 Å². The third kappa shape index (κ3) is 2.86. The predicted octanol–water partition coefficient (Wildman–Crippen LogP) is 2.27. The number of carbonyl (C=O) groups is 1. The minimum absolute atomic E-state index is 0.130. The Hall–Kier alpha value is -2.82. The van der Waals surface area contributed by atoms with Crippen molar-refractivity contribution in [3.63, 3.8) is 0 Å². The van der Waals surface area contributed by atoms with E-state index < -0.39 is 0 Å².